The fourth-order valence-electron chi connectivity index (χ4n) is 3.03. The molecule has 0 spiro atoms. The van der Waals surface area contributed by atoms with E-state index in [1.54, 1.807) is 0 Å². The number of hydrogen-bond donors (Lipinski definition) is 2. The molecule has 0 aromatic carbocycles. The molecule has 146 valence electrons. The number of hydrogen-bond acceptors (Lipinski definition) is 5. The van der Waals surface area contributed by atoms with Crippen LogP contribution in [0.4, 0.5) is 5.95 Å². The highest BCUT2D eigenvalue weighted by Gasteiger charge is 2.17. The molecule has 0 amide bonds. The highest BCUT2D eigenvalue weighted by molar-refractivity contribution is 5.79. The first-order valence-electron chi connectivity index (χ1n) is 10.1. The zero-order chi connectivity index (χ0) is 18.5. The third-order valence-corrected chi connectivity index (χ3v) is 4.53. The summed E-state index contributed by atoms with van der Waals surface area (Å²) in [6.07, 6.45) is 8.44. The molecule has 0 unspecified atom stereocenters. The van der Waals surface area contributed by atoms with Crippen molar-refractivity contribution in [1.82, 2.24) is 25.5 Å². The van der Waals surface area contributed by atoms with Crippen LogP contribution in [0, 0.1) is 0 Å². The van der Waals surface area contributed by atoms with E-state index in [1.165, 1.54) is 19.3 Å². The maximum absolute atomic E-state index is 4.70. The molecule has 2 heterocycles. The van der Waals surface area contributed by atoms with Crippen LogP contribution in [0.15, 0.2) is 23.5 Å². The zero-order valence-electron chi connectivity index (χ0n) is 16.5. The van der Waals surface area contributed by atoms with Gasteiger partial charge >= 0.3 is 0 Å². The number of guanidine groups is 1. The van der Waals surface area contributed by atoms with E-state index in [0.717, 1.165) is 70.7 Å². The van der Waals surface area contributed by atoms with Gasteiger partial charge in [-0.1, -0.05) is 19.8 Å². The summed E-state index contributed by atoms with van der Waals surface area (Å²) in [6, 6.07) is 1.86. The summed E-state index contributed by atoms with van der Waals surface area (Å²) in [5.41, 5.74) is 0. The number of rotatable bonds is 10. The fourth-order valence-corrected chi connectivity index (χ4v) is 3.03. The molecule has 2 N–H and O–H groups in total. The number of aliphatic imine (C=N–C) groups is 1. The molecule has 0 bridgehead atoms. The second kappa shape index (κ2) is 12.5. The normalized spacial score (nSPS) is 15.9. The summed E-state index contributed by atoms with van der Waals surface area (Å²) < 4.78 is 0. The molecule has 26 heavy (non-hydrogen) atoms. The number of aromatic nitrogens is 2. The van der Waals surface area contributed by atoms with Gasteiger partial charge in [-0.25, -0.2) is 9.97 Å². The van der Waals surface area contributed by atoms with Gasteiger partial charge in [0.2, 0.25) is 5.95 Å². The molecular formula is C19H35N7. The van der Waals surface area contributed by atoms with E-state index in [1.807, 2.05) is 18.5 Å². The van der Waals surface area contributed by atoms with Crippen LogP contribution in [0.3, 0.4) is 0 Å². The van der Waals surface area contributed by atoms with E-state index in [9.17, 15) is 0 Å². The first kappa shape index (κ1) is 20.4. The SMILES string of the molecule is CCCCCNC(=NCCCN1CCN(c2ncccn2)CC1)NCC. The summed E-state index contributed by atoms with van der Waals surface area (Å²) in [4.78, 5) is 18.1. The monoisotopic (exact) mass is 361 g/mol. The zero-order valence-corrected chi connectivity index (χ0v) is 16.5. The van der Waals surface area contributed by atoms with Crippen molar-refractivity contribution in [2.45, 2.75) is 39.5 Å². The summed E-state index contributed by atoms with van der Waals surface area (Å²) in [5, 5.41) is 6.75. The van der Waals surface area contributed by atoms with Crippen molar-refractivity contribution in [2.24, 2.45) is 4.99 Å². The average Bonchev–Trinajstić information content (AvgIpc) is 2.69. The number of nitrogens with zero attached hydrogens (tertiary/aromatic N) is 5. The summed E-state index contributed by atoms with van der Waals surface area (Å²) >= 11 is 0. The van der Waals surface area contributed by atoms with Crippen molar-refractivity contribution < 1.29 is 0 Å². The minimum absolute atomic E-state index is 0.848. The van der Waals surface area contributed by atoms with E-state index in [2.05, 4.69) is 44.2 Å². The largest absolute Gasteiger partial charge is 0.357 e. The van der Waals surface area contributed by atoms with Crippen molar-refractivity contribution in [3.8, 4) is 0 Å². The van der Waals surface area contributed by atoms with Crippen LogP contribution in [0.2, 0.25) is 0 Å². The molecule has 7 heteroatoms. The van der Waals surface area contributed by atoms with Gasteiger partial charge in [-0.05, 0) is 25.8 Å². The Morgan fingerprint density at radius 2 is 1.81 bits per heavy atom. The predicted molar refractivity (Wildman–Crippen MR) is 109 cm³/mol. The Labute approximate surface area is 158 Å². The van der Waals surface area contributed by atoms with Crippen molar-refractivity contribution >= 4 is 11.9 Å². The van der Waals surface area contributed by atoms with Crippen molar-refractivity contribution in [3.05, 3.63) is 18.5 Å². The Balaban J connectivity index is 1.62. The predicted octanol–water partition coefficient (Wildman–Crippen LogP) is 1.73. The molecule has 0 radical (unpaired) electrons. The van der Waals surface area contributed by atoms with E-state index in [0.29, 0.717) is 0 Å². The molecule has 1 aromatic rings. The van der Waals surface area contributed by atoms with Crippen LogP contribution < -0.4 is 15.5 Å². The highest BCUT2D eigenvalue weighted by atomic mass is 15.3. The maximum Gasteiger partial charge on any atom is 0.225 e. The molecular weight excluding hydrogens is 326 g/mol. The average molecular weight is 362 g/mol. The van der Waals surface area contributed by atoms with E-state index >= 15 is 0 Å². The van der Waals surface area contributed by atoms with Gasteiger partial charge in [0.25, 0.3) is 0 Å². The molecule has 1 aromatic heterocycles. The number of unbranched alkanes of at least 4 members (excludes halogenated alkanes) is 2. The molecule has 2 rings (SSSR count). The lowest BCUT2D eigenvalue weighted by atomic mass is 10.2. The van der Waals surface area contributed by atoms with Gasteiger partial charge < -0.3 is 15.5 Å². The Bertz CT molecular complexity index is 498. The Morgan fingerprint density at radius 1 is 1.04 bits per heavy atom. The summed E-state index contributed by atoms with van der Waals surface area (Å²) in [7, 11) is 0. The topological polar surface area (TPSA) is 68.7 Å². The molecule has 1 fully saturated rings. The Morgan fingerprint density at radius 3 is 2.50 bits per heavy atom. The smallest absolute Gasteiger partial charge is 0.225 e. The third kappa shape index (κ3) is 7.56. The first-order valence-corrected chi connectivity index (χ1v) is 10.1. The van der Waals surface area contributed by atoms with E-state index < -0.39 is 0 Å². The van der Waals surface area contributed by atoms with Gasteiger partial charge in [-0.3, -0.25) is 9.89 Å². The van der Waals surface area contributed by atoms with Crippen molar-refractivity contribution in [2.75, 3.05) is 57.3 Å². The number of anilines is 1. The van der Waals surface area contributed by atoms with E-state index in [4.69, 9.17) is 4.99 Å². The molecule has 1 saturated heterocycles. The van der Waals surface area contributed by atoms with Gasteiger partial charge in [0.1, 0.15) is 0 Å². The van der Waals surface area contributed by atoms with Gasteiger partial charge in [-0.15, -0.1) is 0 Å². The molecule has 0 aliphatic carbocycles. The van der Waals surface area contributed by atoms with Gasteiger partial charge in [-0.2, -0.15) is 0 Å². The molecule has 1 aliphatic heterocycles. The summed E-state index contributed by atoms with van der Waals surface area (Å²) in [6.45, 7) is 12.3. The van der Waals surface area contributed by atoms with E-state index in [-0.39, 0.29) is 0 Å². The van der Waals surface area contributed by atoms with Gasteiger partial charge in [0.05, 0.1) is 0 Å². The van der Waals surface area contributed by atoms with Crippen LogP contribution in [0.1, 0.15) is 39.5 Å². The molecule has 0 saturated carbocycles. The lowest BCUT2D eigenvalue weighted by Crippen LogP contribution is -2.47. The standard InChI is InChI=1S/C19H35N7/c1-3-5-6-9-21-18(20-4-2)22-12-8-13-25-14-16-26(17-15-25)19-23-10-7-11-24-19/h7,10-11H,3-6,8-9,12-17H2,1-2H3,(H2,20,21,22). The lowest BCUT2D eigenvalue weighted by molar-refractivity contribution is 0.255. The minimum atomic E-state index is 0.848. The quantitative estimate of drug-likeness (QED) is 0.376. The Hall–Kier alpha value is -1.89. The van der Waals surface area contributed by atoms with Crippen molar-refractivity contribution in [1.29, 1.82) is 0 Å². The van der Waals surface area contributed by atoms with Crippen LogP contribution >= 0.6 is 0 Å². The molecule has 1 aliphatic rings. The second-order valence-electron chi connectivity index (χ2n) is 6.63. The Kier molecular flexibility index (Phi) is 9.79. The number of nitrogens with one attached hydrogen (secondary N) is 2. The lowest BCUT2D eigenvalue weighted by Gasteiger charge is -2.34. The van der Waals surface area contributed by atoms with Crippen LogP contribution in [0.25, 0.3) is 0 Å². The van der Waals surface area contributed by atoms with Crippen LogP contribution in [0.5, 0.6) is 0 Å². The summed E-state index contributed by atoms with van der Waals surface area (Å²) in [5.74, 6) is 1.80. The first-order chi connectivity index (χ1) is 12.8. The maximum atomic E-state index is 4.70. The van der Waals surface area contributed by atoms with Crippen molar-refractivity contribution in [3.63, 3.8) is 0 Å². The van der Waals surface area contributed by atoms with Gasteiger partial charge in [0.15, 0.2) is 5.96 Å². The van der Waals surface area contributed by atoms with Crippen LogP contribution in [-0.4, -0.2) is 73.2 Å². The fraction of sp³-hybridized carbons (Fsp3) is 0.737. The molecule has 0 atom stereocenters. The van der Waals surface area contributed by atoms with Gasteiger partial charge in [0, 0.05) is 64.8 Å². The minimum Gasteiger partial charge on any atom is -0.357 e. The molecule has 7 nitrogen and oxygen atoms in total. The number of piperazine rings is 1. The van der Waals surface area contributed by atoms with Crippen LogP contribution in [-0.2, 0) is 0 Å². The second-order valence-corrected chi connectivity index (χ2v) is 6.63. The highest BCUT2D eigenvalue weighted by Crippen LogP contribution is 2.09. The third-order valence-electron chi connectivity index (χ3n) is 4.53.